The molecule has 0 fully saturated rings. The average molecular weight is 268 g/mol. The van der Waals surface area contributed by atoms with Crippen molar-refractivity contribution in [2.75, 3.05) is 11.4 Å². The number of benzene rings is 1. The minimum Gasteiger partial charge on any atom is -0.389 e. The molecule has 0 aliphatic carbocycles. The molecule has 0 bridgehead atoms. The van der Waals surface area contributed by atoms with Crippen LogP contribution in [0.1, 0.15) is 38.0 Å². The molecule has 0 aliphatic rings. The Morgan fingerprint density at radius 2 is 2.00 bits per heavy atom. The highest BCUT2D eigenvalue weighted by Crippen LogP contribution is 2.30. The number of aryl methyl sites for hydroxylation is 1. The normalized spacial score (nSPS) is 12.6. The first kappa shape index (κ1) is 15.4. The summed E-state index contributed by atoms with van der Waals surface area (Å²) in [6, 6.07) is 2.96. The highest BCUT2D eigenvalue weighted by atomic mass is 19.1. The number of anilines is 1. The van der Waals surface area contributed by atoms with E-state index >= 15 is 0 Å². The topological polar surface area (TPSA) is 66.6 Å². The molecule has 106 valence electrons. The molecule has 0 saturated carbocycles. The number of nitrogens with two attached hydrogens (primary N) is 1. The molecule has 0 aliphatic heterocycles. The fraction of sp³-hybridized carbons (Fsp3) is 0.500. The van der Waals surface area contributed by atoms with Crippen LogP contribution >= 0.6 is 0 Å². The Kier molecular flexibility index (Phi) is 4.89. The lowest BCUT2D eigenvalue weighted by molar-refractivity contribution is -0.116. The molecular weight excluding hydrogens is 247 g/mol. The Morgan fingerprint density at radius 3 is 2.42 bits per heavy atom. The zero-order valence-corrected chi connectivity index (χ0v) is 11.8. The van der Waals surface area contributed by atoms with Crippen LogP contribution in [0.4, 0.5) is 10.1 Å². The van der Waals surface area contributed by atoms with Crippen molar-refractivity contribution < 1.29 is 14.3 Å². The summed E-state index contributed by atoms with van der Waals surface area (Å²) in [7, 11) is 0. The molecule has 0 saturated heterocycles. The van der Waals surface area contributed by atoms with Gasteiger partial charge in [-0.25, -0.2) is 4.39 Å². The van der Waals surface area contributed by atoms with Gasteiger partial charge in [0.15, 0.2) is 0 Å². The zero-order valence-electron chi connectivity index (χ0n) is 11.8. The predicted octanol–water partition coefficient (Wildman–Crippen LogP) is 1.89. The number of carbonyl (C=O) groups is 1. The van der Waals surface area contributed by atoms with E-state index in [0.717, 1.165) is 0 Å². The van der Waals surface area contributed by atoms with Gasteiger partial charge >= 0.3 is 0 Å². The zero-order chi connectivity index (χ0) is 14.7. The molecule has 1 atom stereocenters. The summed E-state index contributed by atoms with van der Waals surface area (Å²) in [6.07, 6.45) is -0.820. The molecule has 1 unspecified atom stereocenters. The van der Waals surface area contributed by atoms with Crippen LogP contribution in [0.2, 0.25) is 0 Å². The van der Waals surface area contributed by atoms with Gasteiger partial charge in [0.2, 0.25) is 5.91 Å². The van der Waals surface area contributed by atoms with E-state index in [1.165, 1.54) is 6.07 Å². The number of hydrogen-bond acceptors (Lipinski definition) is 3. The van der Waals surface area contributed by atoms with Crippen LogP contribution in [-0.2, 0) is 4.79 Å². The Bertz CT molecular complexity index is 473. The summed E-state index contributed by atoms with van der Waals surface area (Å²) < 4.78 is 13.6. The molecule has 1 aromatic carbocycles. The van der Waals surface area contributed by atoms with Crippen LogP contribution in [0.15, 0.2) is 12.1 Å². The van der Waals surface area contributed by atoms with Gasteiger partial charge < -0.3 is 15.7 Å². The maximum absolute atomic E-state index is 13.6. The maximum Gasteiger partial charge on any atom is 0.236 e. The fourth-order valence-electron chi connectivity index (χ4n) is 1.98. The van der Waals surface area contributed by atoms with E-state index in [9.17, 15) is 14.3 Å². The quantitative estimate of drug-likeness (QED) is 0.857. The van der Waals surface area contributed by atoms with E-state index in [1.807, 2.05) is 13.8 Å². The fourth-order valence-corrected chi connectivity index (χ4v) is 1.98. The van der Waals surface area contributed by atoms with E-state index in [0.29, 0.717) is 16.8 Å². The standard InChI is InChI=1S/C14H21FN2O2/c1-8(2)17(7-14(16)19)13-5-9(3)12(15)6-11(13)10(4)18/h5-6,8,10,18H,7H2,1-4H3,(H2,16,19). The smallest absolute Gasteiger partial charge is 0.236 e. The first-order valence-electron chi connectivity index (χ1n) is 6.27. The van der Waals surface area contributed by atoms with Gasteiger partial charge in [-0.1, -0.05) is 0 Å². The molecule has 5 heteroatoms. The number of aliphatic hydroxyl groups excluding tert-OH is 1. The summed E-state index contributed by atoms with van der Waals surface area (Å²) in [6.45, 7) is 7.06. The monoisotopic (exact) mass is 268 g/mol. The minimum atomic E-state index is -0.820. The summed E-state index contributed by atoms with van der Waals surface area (Å²) >= 11 is 0. The summed E-state index contributed by atoms with van der Waals surface area (Å²) in [5.74, 6) is -0.838. The molecule has 0 aromatic heterocycles. The van der Waals surface area contributed by atoms with Crippen LogP contribution in [0.5, 0.6) is 0 Å². The Hall–Kier alpha value is -1.62. The van der Waals surface area contributed by atoms with Crippen LogP contribution in [0.3, 0.4) is 0 Å². The summed E-state index contributed by atoms with van der Waals surface area (Å²) in [4.78, 5) is 12.9. The second kappa shape index (κ2) is 6.02. The highest BCUT2D eigenvalue weighted by molar-refractivity contribution is 5.80. The molecule has 0 heterocycles. The molecule has 19 heavy (non-hydrogen) atoms. The second-order valence-corrected chi connectivity index (χ2v) is 5.02. The van der Waals surface area contributed by atoms with E-state index in [2.05, 4.69) is 0 Å². The number of nitrogens with zero attached hydrogens (tertiary/aromatic N) is 1. The van der Waals surface area contributed by atoms with Crippen molar-refractivity contribution in [2.45, 2.75) is 39.8 Å². The van der Waals surface area contributed by atoms with E-state index in [4.69, 9.17) is 5.73 Å². The van der Waals surface area contributed by atoms with Crippen LogP contribution < -0.4 is 10.6 Å². The first-order valence-corrected chi connectivity index (χ1v) is 6.27. The lowest BCUT2D eigenvalue weighted by atomic mass is 10.0. The van der Waals surface area contributed by atoms with Crippen molar-refractivity contribution >= 4 is 11.6 Å². The van der Waals surface area contributed by atoms with E-state index < -0.39 is 12.0 Å². The third kappa shape index (κ3) is 3.67. The molecule has 1 rings (SSSR count). The van der Waals surface area contributed by atoms with Crippen molar-refractivity contribution in [3.63, 3.8) is 0 Å². The number of amides is 1. The Morgan fingerprint density at radius 1 is 1.42 bits per heavy atom. The van der Waals surface area contributed by atoms with Crippen LogP contribution in [-0.4, -0.2) is 23.6 Å². The Balaban J connectivity index is 3.35. The third-order valence-electron chi connectivity index (χ3n) is 3.02. The molecular formula is C14H21FN2O2. The van der Waals surface area contributed by atoms with Crippen molar-refractivity contribution in [1.29, 1.82) is 0 Å². The largest absolute Gasteiger partial charge is 0.389 e. The molecule has 1 aromatic rings. The number of hydrogen-bond donors (Lipinski definition) is 2. The van der Waals surface area contributed by atoms with Gasteiger partial charge in [0, 0.05) is 17.3 Å². The first-order chi connectivity index (χ1) is 8.73. The van der Waals surface area contributed by atoms with Crippen molar-refractivity contribution in [3.8, 4) is 0 Å². The van der Waals surface area contributed by atoms with Crippen molar-refractivity contribution in [2.24, 2.45) is 5.73 Å². The minimum absolute atomic E-state index is 0.00913. The third-order valence-corrected chi connectivity index (χ3v) is 3.02. The van der Waals surface area contributed by atoms with Gasteiger partial charge in [-0.2, -0.15) is 0 Å². The molecule has 4 nitrogen and oxygen atoms in total. The molecule has 1 amide bonds. The molecule has 3 N–H and O–H groups in total. The van der Waals surface area contributed by atoms with Gasteiger partial charge in [0.1, 0.15) is 5.82 Å². The highest BCUT2D eigenvalue weighted by Gasteiger charge is 2.20. The van der Waals surface area contributed by atoms with Crippen molar-refractivity contribution in [3.05, 3.63) is 29.1 Å². The van der Waals surface area contributed by atoms with Gasteiger partial charge in [-0.05, 0) is 45.4 Å². The van der Waals surface area contributed by atoms with Gasteiger partial charge in [0.25, 0.3) is 0 Å². The second-order valence-electron chi connectivity index (χ2n) is 5.02. The van der Waals surface area contributed by atoms with E-state index in [1.54, 1.807) is 24.8 Å². The lowest BCUT2D eigenvalue weighted by Crippen LogP contribution is -2.39. The number of primary amides is 1. The Labute approximate surface area is 113 Å². The summed E-state index contributed by atoms with van der Waals surface area (Å²) in [5, 5.41) is 9.78. The average Bonchev–Trinajstić information content (AvgIpc) is 2.28. The number of aliphatic hydroxyl groups is 1. The molecule has 0 radical (unpaired) electrons. The van der Waals surface area contributed by atoms with Crippen LogP contribution in [0, 0.1) is 12.7 Å². The van der Waals surface area contributed by atoms with Gasteiger partial charge in [0.05, 0.1) is 12.6 Å². The van der Waals surface area contributed by atoms with Crippen molar-refractivity contribution in [1.82, 2.24) is 0 Å². The number of halogens is 1. The van der Waals surface area contributed by atoms with Crippen LogP contribution in [0.25, 0.3) is 0 Å². The summed E-state index contributed by atoms with van der Waals surface area (Å²) in [5.41, 5.74) is 6.81. The van der Waals surface area contributed by atoms with Gasteiger partial charge in [-0.15, -0.1) is 0 Å². The van der Waals surface area contributed by atoms with E-state index in [-0.39, 0.29) is 18.4 Å². The predicted molar refractivity (Wildman–Crippen MR) is 73.4 cm³/mol. The molecule has 0 spiro atoms. The van der Waals surface area contributed by atoms with Gasteiger partial charge in [-0.3, -0.25) is 4.79 Å². The number of carbonyl (C=O) groups excluding carboxylic acids is 1. The lowest BCUT2D eigenvalue weighted by Gasteiger charge is -2.31. The number of rotatable bonds is 5. The SMILES string of the molecule is Cc1cc(N(CC(N)=O)C(C)C)c(C(C)O)cc1F. The maximum atomic E-state index is 13.6.